The quantitative estimate of drug-likeness (QED) is 0.657. The minimum atomic E-state index is 0.998. The third kappa shape index (κ3) is 2.38. The maximum atomic E-state index is 3.95. The zero-order valence-electron chi connectivity index (χ0n) is 8.04. The van der Waals surface area contributed by atoms with Crippen LogP contribution < -0.4 is 0 Å². The lowest BCUT2D eigenvalue weighted by Crippen LogP contribution is -1.87. The van der Waals surface area contributed by atoms with E-state index < -0.39 is 0 Å². The molecule has 1 aromatic heterocycles. The Kier molecular flexibility index (Phi) is 4.77. The van der Waals surface area contributed by atoms with Crippen molar-refractivity contribution in [2.24, 2.45) is 0 Å². The Balaban J connectivity index is 0.000000561. The van der Waals surface area contributed by atoms with E-state index in [-0.39, 0.29) is 0 Å². The van der Waals surface area contributed by atoms with Crippen LogP contribution in [0.2, 0.25) is 0 Å². The topological polar surface area (TPSA) is 17.8 Å². The van der Waals surface area contributed by atoms with E-state index >= 15 is 0 Å². The van der Waals surface area contributed by atoms with Crippen molar-refractivity contribution in [1.29, 1.82) is 0 Å². The smallest absolute Gasteiger partial charge is 0.0991 e. The summed E-state index contributed by atoms with van der Waals surface area (Å²) >= 11 is 0. The van der Waals surface area contributed by atoms with E-state index in [1.54, 1.807) is 18.7 Å². The predicted octanol–water partition coefficient (Wildman–Crippen LogP) is 3.04. The van der Waals surface area contributed by atoms with E-state index in [1.165, 1.54) is 0 Å². The molecule has 1 aromatic rings. The monoisotopic (exact) mass is 164 g/mol. The van der Waals surface area contributed by atoms with Gasteiger partial charge in [0, 0.05) is 6.20 Å². The Hall–Kier alpha value is -1.31. The molecule has 0 atom stereocenters. The number of nitrogens with zero attached hydrogens (tertiary/aromatic N) is 2. The highest BCUT2D eigenvalue weighted by molar-refractivity contribution is 5.59. The second kappa shape index (κ2) is 5.35. The molecule has 1 rings (SSSR count). The van der Waals surface area contributed by atoms with Crippen LogP contribution in [0.4, 0.5) is 0 Å². The van der Waals surface area contributed by atoms with Crippen LogP contribution in [-0.2, 0) is 0 Å². The number of allylic oxidation sites excluding steroid dienone is 1. The summed E-state index contributed by atoms with van der Waals surface area (Å²) in [7, 11) is 0. The standard InChI is InChI=1S/C8H10N2.C2H6/c1-4-10-6-9-5-8(10)7(2)3;1-2/h4-6H,1-2H2,3H3;1-2H3. The van der Waals surface area contributed by atoms with E-state index in [1.807, 2.05) is 25.3 Å². The summed E-state index contributed by atoms with van der Waals surface area (Å²) in [5, 5.41) is 0. The second-order valence-electron chi connectivity index (χ2n) is 2.15. The van der Waals surface area contributed by atoms with Crippen molar-refractivity contribution < 1.29 is 0 Å². The van der Waals surface area contributed by atoms with Gasteiger partial charge in [0.25, 0.3) is 0 Å². The van der Waals surface area contributed by atoms with Crippen LogP contribution in [0.15, 0.2) is 25.7 Å². The summed E-state index contributed by atoms with van der Waals surface area (Å²) in [5.41, 5.74) is 2.01. The van der Waals surface area contributed by atoms with E-state index in [0.717, 1.165) is 11.3 Å². The van der Waals surface area contributed by atoms with Crippen molar-refractivity contribution in [3.8, 4) is 0 Å². The SMILES string of the molecule is C=Cn1cncc1C(=C)C.CC. The first-order valence-corrected chi connectivity index (χ1v) is 4.06. The van der Waals surface area contributed by atoms with Gasteiger partial charge in [-0.1, -0.05) is 27.0 Å². The molecule has 1 heterocycles. The maximum absolute atomic E-state index is 3.95. The van der Waals surface area contributed by atoms with Gasteiger partial charge in [-0.15, -0.1) is 0 Å². The zero-order valence-corrected chi connectivity index (χ0v) is 8.04. The van der Waals surface area contributed by atoms with Gasteiger partial charge in [-0.2, -0.15) is 0 Å². The van der Waals surface area contributed by atoms with Gasteiger partial charge in [-0.05, 0) is 12.5 Å². The summed E-state index contributed by atoms with van der Waals surface area (Å²) in [6, 6.07) is 0. The van der Waals surface area contributed by atoms with Gasteiger partial charge < -0.3 is 4.57 Å². The molecule has 0 unspecified atom stereocenters. The minimum absolute atomic E-state index is 0.998. The Labute approximate surface area is 74.3 Å². The molecule has 0 aliphatic heterocycles. The molecule has 0 saturated heterocycles. The predicted molar refractivity (Wildman–Crippen MR) is 54.7 cm³/mol. The van der Waals surface area contributed by atoms with Crippen molar-refractivity contribution in [3.05, 3.63) is 31.4 Å². The van der Waals surface area contributed by atoms with Gasteiger partial charge in [-0.3, -0.25) is 0 Å². The molecule has 2 heteroatoms. The van der Waals surface area contributed by atoms with Crippen molar-refractivity contribution >= 4 is 11.8 Å². The number of aromatic nitrogens is 2. The molecule has 2 nitrogen and oxygen atoms in total. The van der Waals surface area contributed by atoms with E-state index in [2.05, 4.69) is 18.1 Å². The van der Waals surface area contributed by atoms with Crippen molar-refractivity contribution in [3.63, 3.8) is 0 Å². The molecule has 0 bridgehead atoms. The molecule has 0 aromatic carbocycles. The summed E-state index contributed by atoms with van der Waals surface area (Å²) in [4.78, 5) is 3.95. The fourth-order valence-corrected chi connectivity index (χ4v) is 0.781. The summed E-state index contributed by atoms with van der Waals surface area (Å²) in [5.74, 6) is 0. The van der Waals surface area contributed by atoms with Gasteiger partial charge in [0.1, 0.15) is 0 Å². The largest absolute Gasteiger partial charge is 0.307 e. The Morgan fingerprint density at radius 2 is 2.17 bits per heavy atom. The van der Waals surface area contributed by atoms with Gasteiger partial charge in [0.15, 0.2) is 0 Å². The maximum Gasteiger partial charge on any atom is 0.0991 e. The van der Waals surface area contributed by atoms with Gasteiger partial charge in [0.2, 0.25) is 0 Å². The number of hydrogen-bond acceptors (Lipinski definition) is 1. The van der Waals surface area contributed by atoms with Crippen molar-refractivity contribution in [2.75, 3.05) is 0 Å². The molecule has 0 aliphatic rings. The number of imidazole rings is 1. The molecule has 0 radical (unpaired) electrons. The van der Waals surface area contributed by atoms with Crippen LogP contribution in [0, 0.1) is 0 Å². The number of rotatable bonds is 2. The van der Waals surface area contributed by atoms with E-state index in [4.69, 9.17) is 0 Å². The fourth-order valence-electron chi connectivity index (χ4n) is 0.781. The first-order chi connectivity index (χ1) is 5.75. The molecule has 0 spiro atoms. The van der Waals surface area contributed by atoms with Crippen LogP contribution in [0.5, 0.6) is 0 Å². The van der Waals surface area contributed by atoms with Gasteiger partial charge in [0.05, 0.1) is 18.2 Å². The number of hydrogen-bond donors (Lipinski definition) is 0. The summed E-state index contributed by atoms with van der Waals surface area (Å²) < 4.78 is 1.84. The Morgan fingerprint density at radius 3 is 2.50 bits per heavy atom. The highest BCUT2D eigenvalue weighted by Crippen LogP contribution is 2.09. The fraction of sp³-hybridized carbons (Fsp3) is 0.300. The second-order valence-corrected chi connectivity index (χ2v) is 2.15. The molecule has 12 heavy (non-hydrogen) atoms. The first kappa shape index (κ1) is 10.7. The summed E-state index contributed by atoms with van der Waals surface area (Å²) in [6.45, 7) is 13.4. The Morgan fingerprint density at radius 1 is 1.58 bits per heavy atom. The molecule has 66 valence electrons. The van der Waals surface area contributed by atoms with Crippen molar-refractivity contribution in [1.82, 2.24) is 9.55 Å². The molecule has 0 aliphatic carbocycles. The van der Waals surface area contributed by atoms with Crippen LogP contribution in [0.25, 0.3) is 11.8 Å². The normalized spacial score (nSPS) is 8.25. The van der Waals surface area contributed by atoms with Crippen LogP contribution in [0.3, 0.4) is 0 Å². The lowest BCUT2D eigenvalue weighted by atomic mass is 10.3. The van der Waals surface area contributed by atoms with Gasteiger partial charge in [-0.25, -0.2) is 4.98 Å². The molecular formula is C10H16N2. The van der Waals surface area contributed by atoms with E-state index in [9.17, 15) is 0 Å². The molecule has 0 fully saturated rings. The van der Waals surface area contributed by atoms with Crippen molar-refractivity contribution in [2.45, 2.75) is 20.8 Å². The lowest BCUT2D eigenvalue weighted by molar-refractivity contribution is 1.11. The zero-order chi connectivity index (χ0) is 9.56. The molecular weight excluding hydrogens is 148 g/mol. The van der Waals surface area contributed by atoms with Crippen LogP contribution in [-0.4, -0.2) is 9.55 Å². The third-order valence-electron chi connectivity index (χ3n) is 1.30. The molecule has 0 saturated carbocycles. The van der Waals surface area contributed by atoms with Crippen LogP contribution >= 0.6 is 0 Å². The van der Waals surface area contributed by atoms with Gasteiger partial charge >= 0.3 is 0 Å². The van der Waals surface area contributed by atoms with Crippen LogP contribution in [0.1, 0.15) is 26.5 Å². The third-order valence-corrected chi connectivity index (χ3v) is 1.30. The average molecular weight is 164 g/mol. The average Bonchev–Trinajstić information content (AvgIpc) is 2.55. The molecule has 0 N–H and O–H groups in total. The highest BCUT2D eigenvalue weighted by atomic mass is 15.0. The minimum Gasteiger partial charge on any atom is -0.307 e. The molecule has 0 amide bonds. The highest BCUT2D eigenvalue weighted by Gasteiger charge is 1.96. The van der Waals surface area contributed by atoms with E-state index in [0.29, 0.717) is 0 Å². The first-order valence-electron chi connectivity index (χ1n) is 4.06. The lowest BCUT2D eigenvalue weighted by Gasteiger charge is -1.98. The Bertz CT molecular complexity index is 259. The summed E-state index contributed by atoms with van der Waals surface area (Å²) in [6.07, 6.45) is 5.18.